The number of amides is 1. The largest absolute Gasteiger partial charge is 0.495 e. The molecule has 144 valence electrons. The van der Waals surface area contributed by atoms with Crippen LogP contribution in [-0.2, 0) is 11.3 Å². The van der Waals surface area contributed by atoms with Crippen LogP contribution in [0.5, 0.6) is 5.75 Å². The summed E-state index contributed by atoms with van der Waals surface area (Å²) < 4.78 is 7.02. The minimum absolute atomic E-state index is 0.268. The lowest BCUT2D eigenvalue weighted by Crippen LogP contribution is -2.09. The van der Waals surface area contributed by atoms with Crippen molar-refractivity contribution in [3.05, 3.63) is 82.1 Å². The number of benzene rings is 2. The molecule has 0 aliphatic rings. The number of aryl methyl sites for hydroxylation is 2. The van der Waals surface area contributed by atoms with Crippen LogP contribution in [0.3, 0.4) is 0 Å². The molecule has 1 heterocycles. The number of halogens is 1. The summed E-state index contributed by atoms with van der Waals surface area (Å²) in [6.07, 6.45) is 3.13. The highest BCUT2D eigenvalue weighted by Crippen LogP contribution is 2.26. The van der Waals surface area contributed by atoms with Gasteiger partial charge in [0, 0.05) is 11.6 Å². The van der Waals surface area contributed by atoms with Crippen molar-refractivity contribution < 1.29 is 9.53 Å². The first-order chi connectivity index (χ1) is 13.5. The van der Waals surface area contributed by atoms with E-state index >= 15 is 0 Å². The van der Waals surface area contributed by atoms with Gasteiger partial charge in [-0.15, -0.1) is 0 Å². The molecule has 0 aliphatic heterocycles. The van der Waals surface area contributed by atoms with E-state index in [-0.39, 0.29) is 5.91 Å². The third-order valence-corrected chi connectivity index (χ3v) is 4.70. The maximum absolute atomic E-state index is 12.4. The van der Waals surface area contributed by atoms with Crippen LogP contribution >= 0.6 is 11.6 Å². The summed E-state index contributed by atoms with van der Waals surface area (Å²) in [6, 6.07) is 15.6. The molecule has 3 aromatic rings. The molecule has 1 N–H and O–H groups in total. The Morgan fingerprint density at radius 1 is 1.21 bits per heavy atom. The van der Waals surface area contributed by atoms with E-state index in [2.05, 4.69) is 10.4 Å². The van der Waals surface area contributed by atoms with Gasteiger partial charge >= 0.3 is 0 Å². The molecule has 28 heavy (non-hydrogen) atoms. The molecule has 0 radical (unpaired) electrons. The molecular formula is C22H22ClN3O2. The summed E-state index contributed by atoms with van der Waals surface area (Å²) in [5.41, 5.74) is 4.25. The van der Waals surface area contributed by atoms with Gasteiger partial charge in [-0.05, 0) is 43.2 Å². The second-order valence-electron chi connectivity index (χ2n) is 6.46. The zero-order valence-electron chi connectivity index (χ0n) is 16.1. The Labute approximate surface area is 169 Å². The molecule has 0 fully saturated rings. The zero-order chi connectivity index (χ0) is 20.1. The second kappa shape index (κ2) is 8.76. The van der Waals surface area contributed by atoms with Crippen molar-refractivity contribution >= 4 is 29.3 Å². The van der Waals surface area contributed by atoms with Crippen molar-refractivity contribution in [2.75, 3.05) is 12.4 Å². The number of rotatable bonds is 6. The van der Waals surface area contributed by atoms with Gasteiger partial charge in [-0.3, -0.25) is 4.79 Å². The lowest BCUT2D eigenvalue weighted by molar-refractivity contribution is -0.111. The van der Waals surface area contributed by atoms with Gasteiger partial charge in [0.15, 0.2) is 0 Å². The van der Waals surface area contributed by atoms with Crippen LogP contribution in [-0.4, -0.2) is 22.8 Å². The maximum atomic E-state index is 12.4. The molecule has 1 amide bonds. The average molecular weight is 396 g/mol. The second-order valence-corrected chi connectivity index (χ2v) is 6.82. The summed E-state index contributed by atoms with van der Waals surface area (Å²) in [5.74, 6) is 0.340. The third-order valence-electron chi connectivity index (χ3n) is 4.30. The van der Waals surface area contributed by atoms with Gasteiger partial charge < -0.3 is 10.1 Å². The van der Waals surface area contributed by atoms with E-state index in [0.717, 1.165) is 22.4 Å². The Bertz CT molecular complexity index is 1010. The van der Waals surface area contributed by atoms with Crippen LogP contribution in [0.4, 0.5) is 5.69 Å². The quantitative estimate of drug-likeness (QED) is 0.606. The molecule has 5 nitrogen and oxygen atoms in total. The highest BCUT2D eigenvalue weighted by Gasteiger charge is 2.12. The first-order valence-corrected chi connectivity index (χ1v) is 9.26. The number of ether oxygens (including phenoxy) is 1. The Morgan fingerprint density at radius 2 is 1.96 bits per heavy atom. The van der Waals surface area contributed by atoms with Crippen molar-refractivity contribution in [1.82, 2.24) is 9.78 Å². The monoisotopic (exact) mass is 395 g/mol. The van der Waals surface area contributed by atoms with E-state index < -0.39 is 0 Å². The smallest absolute Gasteiger partial charge is 0.248 e. The van der Waals surface area contributed by atoms with Crippen LogP contribution in [0.25, 0.3) is 6.08 Å². The molecule has 0 aliphatic carbocycles. The lowest BCUT2D eigenvalue weighted by Gasteiger charge is -2.09. The fourth-order valence-electron chi connectivity index (χ4n) is 2.87. The van der Waals surface area contributed by atoms with E-state index in [1.54, 1.807) is 17.9 Å². The molecule has 2 aromatic carbocycles. The lowest BCUT2D eigenvalue weighted by atomic mass is 10.2. The van der Waals surface area contributed by atoms with Crippen LogP contribution in [0.2, 0.25) is 5.15 Å². The van der Waals surface area contributed by atoms with Crippen molar-refractivity contribution in [2.24, 2.45) is 0 Å². The number of hydrogen-bond acceptors (Lipinski definition) is 3. The SMILES string of the molecule is COc1ccc(C)cc1NC(=O)/C=C/c1c(C)nn(Cc2ccccc2)c1Cl. The molecule has 0 spiro atoms. The van der Waals surface area contributed by atoms with Gasteiger partial charge in [-0.2, -0.15) is 5.10 Å². The summed E-state index contributed by atoms with van der Waals surface area (Å²) >= 11 is 6.49. The van der Waals surface area contributed by atoms with E-state index in [9.17, 15) is 4.79 Å². The van der Waals surface area contributed by atoms with Gasteiger partial charge in [0.1, 0.15) is 10.9 Å². The minimum Gasteiger partial charge on any atom is -0.495 e. The van der Waals surface area contributed by atoms with Crippen LogP contribution in [0, 0.1) is 13.8 Å². The highest BCUT2D eigenvalue weighted by molar-refractivity contribution is 6.31. The molecule has 0 saturated carbocycles. The van der Waals surface area contributed by atoms with E-state index in [1.165, 1.54) is 6.08 Å². The molecule has 6 heteroatoms. The molecule has 0 atom stereocenters. The van der Waals surface area contributed by atoms with E-state index in [4.69, 9.17) is 16.3 Å². The summed E-state index contributed by atoms with van der Waals surface area (Å²) in [5, 5.41) is 7.82. The van der Waals surface area contributed by atoms with Crippen LogP contribution < -0.4 is 10.1 Å². The van der Waals surface area contributed by atoms with E-state index in [0.29, 0.717) is 23.1 Å². The Morgan fingerprint density at radius 3 is 2.68 bits per heavy atom. The van der Waals surface area contributed by atoms with Gasteiger partial charge in [0.2, 0.25) is 5.91 Å². The fourth-order valence-corrected chi connectivity index (χ4v) is 3.17. The maximum Gasteiger partial charge on any atom is 0.248 e. The molecule has 3 rings (SSSR count). The predicted molar refractivity (Wildman–Crippen MR) is 113 cm³/mol. The molecule has 0 saturated heterocycles. The first kappa shape index (κ1) is 19.7. The summed E-state index contributed by atoms with van der Waals surface area (Å²) in [7, 11) is 1.57. The molecule has 1 aromatic heterocycles. The number of methoxy groups -OCH3 is 1. The fraction of sp³-hybridized carbons (Fsp3) is 0.182. The highest BCUT2D eigenvalue weighted by atomic mass is 35.5. The van der Waals surface area contributed by atoms with Crippen LogP contribution in [0.15, 0.2) is 54.6 Å². The molecule has 0 bridgehead atoms. The minimum atomic E-state index is -0.268. The Balaban J connectivity index is 1.75. The zero-order valence-corrected chi connectivity index (χ0v) is 16.8. The number of aromatic nitrogens is 2. The topological polar surface area (TPSA) is 56.1 Å². The van der Waals surface area contributed by atoms with E-state index in [1.807, 2.05) is 62.4 Å². The van der Waals surface area contributed by atoms with Crippen molar-refractivity contribution in [3.8, 4) is 5.75 Å². The average Bonchev–Trinajstić information content (AvgIpc) is 2.94. The normalized spacial score (nSPS) is 11.0. The van der Waals surface area contributed by atoms with Gasteiger partial charge in [0.05, 0.1) is 25.0 Å². The first-order valence-electron chi connectivity index (χ1n) is 8.88. The number of anilines is 1. The van der Waals surface area contributed by atoms with Crippen molar-refractivity contribution in [3.63, 3.8) is 0 Å². The van der Waals surface area contributed by atoms with Crippen molar-refractivity contribution in [1.29, 1.82) is 0 Å². The van der Waals surface area contributed by atoms with Gasteiger partial charge in [-0.1, -0.05) is 48.0 Å². The number of carbonyl (C=O) groups is 1. The Kier molecular flexibility index (Phi) is 6.16. The Hall–Kier alpha value is -3.05. The number of hydrogen-bond donors (Lipinski definition) is 1. The van der Waals surface area contributed by atoms with Gasteiger partial charge in [0.25, 0.3) is 0 Å². The standard InChI is InChI=1S/C22H22ClN3O2/c1-15-9-11-20(28-3)19(13-15)24-21(27)12-10-18-16(2)25-26(22(18)23)14-17-7-5-4-6-8-17/h4-13H,14H2,1-3H3,(H,24,27)/b12-10+. The summed E-state index contributed by atoms with van der Waals surface area (Å²) in [4.78, 5) is 12.4. The summed E-state index contributed by atoms with van der Waals surface area (Å²) in [6.45, 7) is 4.39. The van der Waals surface area contributed by atoms with Crippen LogP contribution in [0.1, 0.15) is 22.4 Å². The molecule has 0 unspecified atom stereocenters. The number of nitrogens with one attached hydrogen (secondary N) is 1. The van der Waals surface area contributed by atoms with Gasteiger partial charge in [-0.25, -0.2) is 4.68 Å². The molecular weight excluding hydrogens is 374 g/mol. The van der Waals surface area contributed by atoms with Crippen molar-refractivity contribution in [2.45, 2.75) is 20.4 Å². The third kappa shape index (κ3) is 4.61. The number of nitrogens with zero attached hydrogens (tertiary/aromatic N) is 2. The number of carbonyl (C=O) groups excluding carboxylic acids is 1. The predicted octanol–water partition coefficient (Wildman–Crippen LogP) is 4.86.